The van der Waals surface area contributed by atoms with Gasteiger partial charge in [0.05, 0.1) is 0 Å². The third kappa shape index (κ3) is 6.89. The molecule has 3 aromatic rings. The molecule has 0 atom stereocenters. The molecule has 30 heavy (non-hydrogen) atoms. The number of phenols is 2. The number of rotatable bonds is 6. The van der Waals surface area contributed by atoms with Crippen LogP contribution in [0.1, 0.15) is 59.5 Å². The summed E-state index contributed by atoms with van der Waals surface area (Å²) in [6.45, 7) is 8.00. The molecule has 3 aromatic carbocycles. The second kappa shape index (κ2) is 12.9. The second-order valence-corrected chi connectivity index (χ2v) is 6.04. The van der Waals surface area contributed by atoms with E-state index in [0.29, 0.717) is 22.3 Å². The van der Waals surface area contributed by atoms with Crippen LogP contribution in [0.2, 0.25) is 0 Å². The summed E-state index contributed by atoms with van der Waals surface area (Å²) in [5.41, 5.74) is 1.85. The minimum Gasteiger partial charge on any atom is -0.508 e. The number of carbonyl (C=O) groups is 2. The molecule has 2 N–H and O–H groups in total. The van der Waals surface area contributed by atoms with Crippen molar-refractivity contribution in [2.45, 2.75) is 40.5 Å². The van der Waals surface area contributed by atoms with Gasteiger partial charge >= 0.3 is 0 Å². The van der Waals surface area contributed by atoms with Crippen molar-refractivity contribution in [2.75, 3.05) is 0 Å². The number of carbonyl (C=O) groups excluding carboxylic acids is 2. The van der Waals surface area contributed by atoms with Crippen LogP contribution in [-0.4, -0.2) is 21.8 Å². The summed E-state index contributed by atoms with van der Waals surface area (Å²) in [5, 5.41) is 20.1. The molecule has 0 aromatic heterocycles. The summed E-state index contributed by atoms with van der Waals surface area (Å²) in [5.74, 6) is -0.621. The van der Waals surface area contributed by atoms with Crippen molar-refractivity contribution < 1.29 is 19.8 Å². The number of Topliss-reactive ketones (excluding diaryl/α,β-unsaturated/α-hetero) is 2. The van der Waals surface area contributed by atoms with Gasteiger partial charge in [-0.1, -0.05) is 88.4 Å². The third-order valence-corrected chi connectivity index (χ3v) is 4.17. The largest absolute Gasteiger partial charge is 0.508 e. The molecule has 4 heteroatoms. The molecule has 0 fully saturated rings. The highest BCUT2D eigenvalue weighted by Crippen LogP contribution is 2.29. The van der Waals surface area contributed by atoms with E-state index in [0.717, 1.165) is 0 Å². The molecule has 0 saturated heterocycles. The fourth-order valence-corrected chi connectivity index (χ4v) is 2.75. The Labute approximate surface area is 178 Å². The number of hydrogen-bond donors (Lipinski definition) is 2. The lowest BCUT2D eigenvalue weighted by molar-refractivity contribution is 0.0986. The van der Waals surface area contributed by atoms with Crippen LogP contribution in [0.15, 0.2) is 72.8 Å². The van der Waals surface area contributed by atoms with E-state index < -0.39 is 0 Å². The normalized spacial score (nSPS) is 9.47. The van der Waals surface area contributed by atoms with E-state index in [9.17, 15) is 19.8 Å². The number of ketones is 2. The van der Waals surface area contributed by atoms with Crippen molar-refractivity contribution in [3.05, 3.63) is 95.1 Å². The zero-order valence-electron chi connectivity index (χ0n) is 18.1. The summed E-state index contributed by atoms with van der Waals surface area (Å²) in [4.78, 5) is 24.7. The van der Waals surface area contributed by atoms with Gasteiger partial charge in [0.1, 0.15) is 11.5 Å². The van der Waals surface area contributed by atoms with Gasteiger partial charge in [-0.3, -0.25) is 9.59 Å². The van der Waals surface area contributed by atoms with Crippen LogP contribution >= 0.6 is 0 Å². The van der Waals surface area contributed by atoms with Crippen molar-refractivity contribution in [3.63, 3.8) is 0 Å². The van der Waals surface area contributed by atoms with Gasteiger partial charge in [-0.05, 0) is 6.07 Å². The quantitative estimate of drug-likeness (QED) is 0.492. The van der Waals surface area contributed by atoms with E-state index in [4.69, 9.17) is 0 Å². The molecule has 3 rings (SSSR count). The van der Waals surface area contributed by atoms with Crippen LogP contribution in [0.25, 0.3) is 0 Å². The van der Waals surface area contributed by atoms with Gasteiger partial charge in [0, 0.05) is 41.2 Å². The van der Waals surface area contributed by atoms with Crippen LogP contribution in [0, 0.1) is 0 Å². The molecule has 0 radical (unpaired) electrons. The minimum absolute atomic E-state index is 0.0113. The van der Waals surface area contributed by atoms with Crippen molar-refractivity contribution in [1.82, 2.24) is 0 Å². The first-order valence-corrected chi connectivity index (χ1v) is 10.2. The molecule has 0 spiro atoms. The average Bonchev–Trinajstić information content (AvgIpc) is 2.80. The average molecular weight is 407 g/mol. The Balaban J connectivity index is 0.00000106. The smallest absolute Gasteiger partial charge is 0.167 e. The lowest BCUT2D eigenvalue weighted by atomic mass is 9.96. The van der Waals surface area contributed by atoms with E-state index in [1.54, 1.807) is 48.5 Å². The van der Waals surface area contributed by atoms with Gasteiger partial charge in [-0.15, -0.1) is 0 Å². The van der Waals surface area contributed by atoms with Gasteiger partial charge in [-0.25, -0.2) is 0 Å². The highest BCUT2D eigenvalue weighted by molar-refractivity contribution is 5.99. The van der Waals surface area contributed by atoms with E-state index in [1.165, 1.54) is 12.1 Å². The van der Waals surface area contributed by atoms with Crippen LogP contribution < -0.4 is 0 Å². The molecule has 0 aliphatic carbocycles. The van der Waals surface area contributed by atoms with Crippen LogP contribution in [0.3, 0.4) is 0 Å². The maximum atomic E-state index is 12.4. The summed E-state index contributed by atoms with van der Waals surface area (Å²) in [7, 11) is 0. The minimum atomic E-state index is -0.164. The number of hydrogen-bond acceptors (Lipinski definition) is 4. The van der Waals surface area contributed by atoms with E-state index in [1.807, 2.05) is 39.8 Å². The highest BCUT2D eigenvalue weighted by Gasteiger charge is 2.16. The number of phenolic OH excluding ortho intramolecular Hbond substituents is 2. The summed E-state index contributed by atoms with van der Waals surface area (Å²) in [6.07, 6.45) is -0.0225. The Morgan fingerprint density at radius 3 is 1.27 bits per heavy atom. The SMILES string of the molecule is CC.CC.O=C(Cc1cc(CC(=O)c2ccccc2)c(O)cc1O)c1ccccc1. The predicted octanol–water partition coefficient (Wildman–Crippen LogP) is 6.00. The van der Waals surface area contributed by atoms with Crippen molar-refractivity contribution in [3.8, 4) is 11.5 Å². The molecule has 4 nitrogen and oxygen atoms in total. The summed E-state index contributed by atoms with van der Waals surface area (Å²) in [6, 6.07) is 20.3. The molecule has 0 bridgehead atoms. The first-order chi connectivity index (χ1) is 14.5. The molecule has 0 unspecified atom stereocenters. The monoisotopic (exact) mass is 406 g/mol. The molecule has 0 aliphatic rings. The topological polar surface area (TPSA) is 74.6 Å². The molecular formula is C26H30O4. The van der Waals surface area contributed by atoms with Gasteiger partial charge in [0.2, 0.25) is 0 Å². The van der Waals surface area contributed by atoms with Crippen molar-refractivity contribution in [1.29, 1.82) is 0 Å². The summed E-state index contributed by atoms with van der Waals surface area (Å²) >= 11 is 0. The van der Waals surface area contributed by atoms with Gasteiger partial charge < -0.3 is 10.2 Å². The van der Waals surface area contributed by atoms with Crippen molar-refractivity contribution >= 4 is 11.6 Å². The molecule has 0 amide bonds. The first kappa shape index (κ1) is 24.6. The molecule has 0 saturated carbocycles. The van der Waals surface area contributed by atoms with Crippen LogP contribution in [0.4, 0.5) is 0 Å². The van der Waals surface area contributed by atoms with Crippen LogP contribution in [0.5, 0.6) is 11.5 Å². The maximum absolute atomic E-state index is 12.4. The Morgan fingerprint density at radius 2 is 0.933 bits per heavy atom. The Kier molecular flexibility index (Phi) is 10.6. The maximum Gasteiger partial charge on any atom is 0.167 e. The number of benzene rings is 3. The van der Waals surface area contributed by atoms with Gasteiger partial charge in [0.15, 0.2) is 11.6 Å². The first-order valence-electron chi connectivity index (χ1n) is 10.2. The highest BCUT2D eigenvalue weighted by atomic mass is 16.3. The van der Waals surface area contributed by atoms with Gasteiger partial charge in [-0.2, -0.15) is 0 Å². The Morgan fingerprint density at radius 1 is 0.600 bits per heavy atom. The zero-order valence-corrected chi connectivity index (χ0v) is 18.1. The molecule has 158 valence electrons. The summed E-state index contributed by atoms with van der Waals surface area (Å²) < 4.78 is 0. The van der Waals surface area contributed by atoms with E-state index in [2.05, 4.69) is 0 Å². The fraction of sp³-hybridized carbons (Fsp3) is 0.231. The third-order valence-electron chi connectivity index (χ3n) is 4.17. The molecule has 0 aliphatic heterocycles. The molecular weight excluding hydrogens is 376 g/mol. The lowest BCUT2D eigenvalue weighted by Crippen LogP contribution is -2.07. The van der Waals surface area contributed by atoms with E-state index >= 15 is 0 Å². The van der Waals surface area contributed by atoms with Gasteiger partial charge in [0.25, 0.3) is 0 Å². The number of aromatic hydroxyl groups is 2. The van der Waals surface area contributed by atoms with Crippen LogP contribution in [-0.2, 0) is 12.8 Å². The lowest BCUT2D eigenvalue weighted by Gasteiger charge is -2.10. The Hall–Kier alpha value is -3.40. The molecule has 0 heterocycles. The fourth-order valence-electron chi connectivity index (χ4n) is 2.75. The standard InChI is InChI=1S/C22H18O4.2C2H6/c23-19(15-7-3-1-4-8-15)12-17-11-18(22(26)14-21(17)25)13-20(24)16-9-5-2-6-10-16;2*1-2/h1-11,14,25-26H,12-13H2;2*1-2H3. The van der Waals surface area contributed by atoms with Crippen molar-refractivity contribution in [2.24, 2.45) is 0 Å². The zero-order chi connectivity index (χ0) is 22.5. The van der Waals surface area contributed by atoms with E-state index in [-0.39, 0.29) is 35.9 Å². The predicted molar refractivity (Wildman–Crippen MR) is 121 cm³/mol. The Bertz CT molecular complexity index is 857. The second-order valence-electron chi connectivity index (χ2n) is 6.04.